The van der Waals surface area contributed by atoms with Crippen LogP contribution in [-0.4, -0.2) is 19.1 Å². The van der Waals surface area contributed by atoms with E-state index in [0.29, 0.717) is 6.54 Å². The number of benzene rings is 2. The first-order valence-corrected chi connectivity index (χ1v) is 7.23. The zero-order valence-electron chi connectivity index (χ0n) is 13.1. The Morgan fingerprint density at radius 2 is 1.82 bits per heavy atom. The van der Waals surface area contributed by atoms with Crippen molar-refractivity contribution in [1.29, 1.82) is 0 Å². The lowest BCUT2D eigenvalue weighted by molar-refractivity contribution is -0.127. The quantitative estimate of drug-likeness (QED) is 0.891. The number of nitrogens with one attached hydrogen (secondary N) is 1. The van der Waals surface area contributed by atoms with Gasteiger partial charge in [-0.15, -0.1) is 0 Å². The highest BCUT2D eigenvalue weighted by Crippen LogP contribution is 2.18. The van der Waals surface area contributed by atoms with Crippen LogP contribution >= 0.6 is 0 Å². The second-order valence-corrected chi connectivity index (χ2v) is 5.09. The zero-order valence-corrected chi connectivity index (χ0v) is 13.1. The molecule has 0 aliphatic rings. The Morgan fingerprint density at radius 1 is 1.14 bits per heavy atom. The van der Waals surface area contributed by atoms with Crippen molar-refractivity contribution in [2.75, 3.05) is 7.11 Å². The van der Waals surface area contributed by atoms with Gasteiger partial charge in [0.05, 0.1) is 7.11 Å². The first-order chi connectivity index (χ1) is 10.6. The molecule has 1 atom stereocenters. The summed E-state index contributed by atoms with van der Waals surface area (Å²) >= 11 is 0. The van der Waals surface area contributed by atoms with Gasteiger partial charge in [-0.2, -0.15) is 0 Å². The first-order valence-electron chi connectivity index (χ1n) is 7.23. The Labute approximate surface area is 131 Å². The molecule has 0 saturated heterocycles. The average molecular weight is 299 g/mol. The molecule has 1 unspecified atom stereocenters. The van der Waals surface area contributed by atoms with Crippen LogP contribution in [-0.2, 0) is 11.3 Å². The fourth-order valence-corrected chi connectivity index (χ4v) is 2.01. The van der Waals surface area contributed by atoms with Crippen molar-refractivity contribution in [3.63, 3.8) is 0 Å². The second-order valence-electron chi connectivity index (χ2n) is 5.09. The highest BCUT2D eigenvalue weighted by molar-refractivity contribution is 5.80. The van der Waals surface area contributed by atoms with Gasteiger partial charge in [-0.25, -0.2) is 0 Å². The van der Waals surface area contributed by atoms with Gasteiger partial charge in [0.15, 0.2) is 6.10 Å². The molecule has 0 aliphatic heterocycles. The van der Waals surface area contributed by atoms with Gasteiger partial charge in [0.1, 0.15) is 11.5 Å². The molecule has 0 bridgehead atoms. The highest BCUT2D eigenvalue weighted by atomic mass is 16.5. The van der Waals surface area contributed by atoms with Crippen LogP contribution in [0.25, 0.3) is 0 Å². The number of ether oxygens (including phenoxy) is 2. The number of hydrogen-bond acceptors (Lipinski definition) is 3. The molecule has 2 aromatic rings. The maximum atomic E-state index is 12.1. The van der Waals surface area contributed by atoms with Gasteiger partial charge >= 0.3 is 0 Å². The fourth-order valence-electron chi connectivity index (χ4n) is 2.01. The van der Waals surface area contributed by atoms with E-state index in [4.69, 9.17) is 9.47 Å². The summed E-state index contributed by atoms with van der Waals surface area (Å²) < 4.78 is 10.8. The van der Waals surface area contributed by atoms with Crippen molar-refractivity contribution in [2.24, 2.45) is 0 Å². The number of carbonyl (C=O) groups excluding carboxylic acids is 1. The molecule has 4 heteroatoms. The van der Waals surface area contributed by atoms with E-state index < -0.39 is 6.10 Å². The zero-order chi connectivity index (χ0) is 15.9. The van der Waals surface area contributed by atoms with Gasteiger partial charge < -0.3 is 14.8 Å². The third-order valence-corrected chi connectivity index (χ3v) is 3.39. The number of methoxy groups -OCH3 is 1. The van der Waals surface area contributed by atoms with Crippen LogP contribution < -0.4 is 14.8 Å². The number of para-hydroxylation sites is 1. The van der Waals surface area contributed by atoms with E-state index in [9.17, 15) is 4.79 Å². The molecule has 1 amide bonds. The SMILES string of the molecule is COc1ccc(CNC(=O)C(C)Oc2ccccc2C)cc1. The van der Waals surface area contributed by atoms with Crippen LogP contribution in [0.2, 0.25) is 0 Å². The predicted octanol–water partition coefficient (Wildman–Crippen LogP) is 3.09. The molecule has 0 radical (unpaired) electrons. The Bertz CT molecular complexity index is 622. The molecule has 2 aromatic carbocycles. The highest BCUT2D eigenvalue weighted by Gasteiger charge is 2.15. The van der Waals surface area contributed by atoms with E-state index in [2.05, 4.69) is 5.32 Å². The van der Waals surface area contributed by atoms with Crippen molar-refractivity contribution < 1.29 is 14.3 Å². The molecule has 0 aromatic heterocycles. The van der Waals surface area contributed by atoms with Crippen LogP contribution in [0.3, 0.4) is 0 Å². The van der Waals surface area contributed by atoms with Crippen LogP contribution in [0, 0.1) is 6.92 Å². The molecule has 4 nitrogen and oxygen atoms in total. The maximum Gasteiger partial charge on any atom is 0.261 e. The summed E-state index contributed by atoms with van der Waals surface area (Å²) in [5, 5.41) is 2.87. The minimum absolute atomic E-state index is 0.140. The topological polar surface area (TPSA) is 47.6 Å². The molecule has 0 fully saturated rings. The summed E-state index contributed by atoms with van der Waals surface area (Å²) in [5.74, 6) is 1.39. The van der Waals surface area contributed by atoms with Crippen molar-refractivity contribution in [3.8, 4) is 11.5 Å². The normalized spacial score (nSPS) is 11.6. The average Bonchev–Trinajstić information content (AvgIpc) is 2.55. The molecular formula is C18H21NO3. The standard InChI is InChI=1S/C18H21NO3/c1-13-6-4-5-7-17(13)22-14(2)18(20)19-12-15-8-10-16(21-3)11-9-15/h4-11,14H,12H2,1-3H3,(H,19,20). The van der Waals surface area contributed by atoms with Gasteiger partial charge in [0, 0.05) is 6.54 Å². The van der Waals surface area contributed by atoms with Gasteiger partial charge in [-0.3, -0.25) is 4.79 Å². The molecule has 22 heavy (non-hydrogen) atoms. The Balaban J connectivity index is 1.87. The summed E-state index contributed by atoms with van der Waals surface area (Å²) in [7, 11) is 1.63. The molecule has 0 heterocycles. The summed E-state index contributed by atoms with van der Waals surface area (Å²) in [6.45, 7) is 4.16. The van der Waals surface area contributed by atoms with Crippen molar-refractivity contribution in [2.45, 2.75) is 26.5 Å². The molecule has 0 aliphatic carbocycles. The number of aryl methyl sites for hydroxylation is 1. The monoisotopic (exact) mass is 299 g/mol. The third kappa shape index (κ3) is 4.25. The summed E-state index contributed by atoms with van der Waals surface area (Å²) in [4.78, 5) is 12.1. The van der Waals surface area contributed by atoms with E-state index in [1.165, 1.54) is 0 Å². The number of amides is 1. The lowest BCUT2D eigenvalue weighted by Gasteiger charge is -2.16. The van der Waals surface area contributed by atoms with Crippen molar-refractivity contribution in [3.05, 3.63) is 59.7 Å². The third-order valence-electron chi connectivity index (χ3n) is 3.39. The van der Waals surface area contributed by atoms with Crippen LogP contribution in [0.15, 0.2) is 48.5 Å². The van der Waals surface area contributed by atoms with Gasteiger partial charge in [0.25, 0.3) is 5.91 Å². The number of rotatable bonds is 6. The predicted molar refractivity (Wildman–Crippen MR) is 86.1 cm³/mol. The molecule has 116 valence electrons. The van der Waals surface area contributed by atoms with Crippen molar-refractivity contribution in [1.82, 2.24) is 5.32 Å². The molecule has 0 spiro atoms. The molecule has 1 N–H and O–H groups in total. The van der Waals surface area contributed by atoms with Gasteiger partial charge in [-0.1, -0.05) is 30.3 Å². The van der Waals surface area contributed by atoms with Gasteiger partial charge in [-0.05, 0) is 43.2 Å². The van der Waals surface area contributed by atoms with Crippen LogP contribution in [0.1, 0.15) is 18.1 Å². The summed E-state index contributed by atoms with van der Waals surface area (Å²) in [5.41, 5.74) is 2.02. The summed E-state index contributed by atoms with van der Waals surface area (Å²) in [6.07, 6.45) is -0.542. The van der Waals surface area contributed by atoms with Gasteiger partial charge in [0.2, 0.25) is 0 Å². The second kappa shape index (κ2) is 7.50. The van der Waals surface area contributed by atoms with E-state index >= 15 is 0 Å². The van der Waals surface area contributed by atoms with E-state index in [0.717, 1.165) is 22.6 Å². The van der Waals surface area contributed by atoms with E-state index in [-0.39, 0.29) is 5.91 Å². The first kappa shape index (κ1) is 15.9. The Kier molecular flexibility index (Phi) is 5.42. The van der Waals surface area contributed by atoms with E-state index in [1.54, 1.807) is 14.0 Å². The van der Waals surface area contributed by atoms with Crippen LogP contribution in [0.5, 0.6) is 11.5 Å². The molecule has 0 saturated carbocycles. The minimum Gasteiger partial charge on any atom is -0.497 e. The van der Waals surface area contributed by atoms with Crippen LogP contribution in [0.4, 0.5) is 0 Å². The molecule has 2 rings (SSSR count). The largest absolute Gasteiger partial charge is 0.497 e. The Hall–Kier alpha value is -2.49. The smallest absolute Gasteiger partial charge is 0.261 e. The lowest BCUT2D eigenvalue weighted by atomic mass is 10.2. The fraction of sp³-hybridized carbons (Fsp3) is 0.278. The number of hydrogen-bond donors (Lipinski definition) is 1. The minimum atomic E-state index is -0.542. The molecular weight excluding hydrogens is 278 g/mol. The maximum absolute atomic E-state index is 12.1. The van der Waals surface area contributed by atoms with Crippen molar-refractivity contribution >= 4 is 5.91 Å². The van der Waals surface area contributed by atoms with E-state index in [1.807, 2.05) is 55.5 Å². The Morgan fingerprint density at radius 3 is 2.45 bits per heavy atom. The lowest BCUT2D eigenvalue weighted by Crippen LogP contribution is -2.36. The number of carbonyl (C=O) groups is 1. The summed E-state index contributed by atoms with van der Waals surface area (Å²) in [6, 6.07) is 15.2.